The van der Waals surface area contributed by atoms with Crippen LogP contribution in [0.4, 0.5) is 8.78 Å². The number of amides is 3. The molecule has 0 aliphatic carbocycles. The van der Waals surface area contributed by atoms with Crippen molar-refractivity contribution < 1.29 is 46.4 Å². The second-order valence-corrected chi connectivity index (χ2v) is 21.7. The number of benzene rings is 1. The maximum Gasteiger partial charge on any atom is 0.404 e. The van der Waals surface area contributed by atoms with E-state index in [9.17, 15) is 28.5 Å². The van der Waals surface area contributed by atoms with Crippen molar-refractivity contribution in [2.45, 2.75) is 102 Å². The highest BCUT2D eigenvalue weighted by Gasteiger charge is 2.55. The van der Waals surface area contributed by atoms with Crippen LogP contribution in [0.5, 0.6) is 0 Å². The van der Waals surface area contributed by atoms with Gasteiger partial charge in [0.15, 0.2) is 10.2 Å². The van der Waals surface area contributed by atoms with Crippen LogP contribution >= 0.6 is 42.5 Å². The third kappa shape index (κ3) is 11.0. The molecule has 3 fully saturated rings. The molecule has 3 amide bonds. The minimum Gasteiger partial charge on any atom is -0.340 e. The van der Waals surface area contributed by atoms with Gasteiger partial charge in [0.1, 0.15) is 17.9 Å². The van der Waals surface area contributed by atoms with Crippen LogP contribution in [0.2, 0.25) is 0 Å². The molecule has 60 heavy (non-hydrogen) atoms. The summed E-state index contributed by atoms with van der Waals surface area (Å²) >= 11 is 2.87. The lowest BCUT2D eigenvalue weighted by Crippen LogP contribution is -2.58. The molecule has 326 valence electrons. The zero-order valence-corrected chi connectivity index (χ0v) is 37.5. The lowest BCUT2D eigenvalue weighted by Gasteiger charge is -2.41. The minimum absolute atomic E-state index is 0.0129. The predicted molar refractivity (Wildman–Crippen MR) is 229 cm³/mol. The molecule has 0 radical (unpaired) electrons. The first-order valence-corrected chi connectivity index (χ1v) is 24.7. The van der Waals surface area contributed by atoms with Gasteiger partial charge in [-0.3, -0.25) is 28.5 Å². The van der Waals surface area contributed by atoms with Gasteiger partial charge in [0, 0.05) is 66.1 Å². The molecule has 19 heteroatoms. The summed E-state index contributed by atoms with van der Waals surface area (Å²) in [5, 5.41) is 2.86. The Labute approximate surface area is 361 Å². The average Bonchev–Trinajstić information content (AvgIpc) is 3.78. The van der Waals surface area contributed by atoms with Crippen LogP contribution in [0, 0.1) is 11.8 Å². The van der Waals surface area contributed by atoms with Crippen LogP contribution in [0.25, 0.3) is 10.1 Å². The van der Waals surface area contributed by atoms with Crippen LogP contribution in [0.3, 0.4) is 0 Å². The molecule has 5 heterocycles. The van der Waals surface area contributed by atoms with Gasteiger partial charge in [-0.05, 0) is 73.6 Å². The van der Waals surface area contributed by atoms with Crippen LogP contribution in [0.1, 0.15) is 99.6 Å². The summed E-state index contributed by atoms with van der Waals surface area (Å²) in [7, 11) is -5.22. The maximum atomic E-state index is 16.4. The highest BCUT2D eigenvalue weighted by Crippen LogP contribution is 2.67. The van der Waals surface area contributed by atoms with Crippen LogP contribution in [-0.4, -0.2) is 104 Å². The van der Waals surface area contributed by atoms with Gasteiger partial charge in [-0.15, -0.1) is 11.3 Å². The van der Waals surface area contributed by atoms with Crippen molar-refractivity contribution in [3.63, 3.8) is 0 Å². The summed E-state index contributed by atoms with van der Waals surface area (Å²) in [6, 6.07) is 5.22. The number of alkyl halides is 2. The number of carbonyl (C=O) groups excluding carboxylic acids is 5. The Bertz CT molecular complexity index is 2050. The first-order valence-electron chi connectivity index (χ1n) is 20.4. The van der Waals surface area contributed by atoms with Crippen molar-refractivity contribution in [2.24, 2.45) is 11.8 Å². The molecule has 3 aromatic rings. The van der Waals surface area contributed by atoms with E-state index < -0.39 is 50.0 Å². The number of nitrogens with one attached hydrogen (secondary N) is 1. The fourth-order valence-corrected chi connectivity index (χ4v) is 12.0. The molecule has 6 rings (SSSR count). The molecule has 3 aliphatic heterocycles. The van der Waals surface area contributed by atoms with Crippen molar-refractivity contribution in [3.8, 4) is 0 Å². The topological polar surface area (TPSA) is 165 Å². The minimum atomic E-state index is -5.22. The van der Waals surface area contributed by atoms with Crippen molar-refractivity contribution in [2.75, 3.05) is 37.8 Å². The van der Waals surface area contributed by atoms with E-state index in [2.05, 4.69) is 15.3 Å². The number of nitrogens with zero attached hydrogens (tertiary/aromatic N) is 4. The lowest BCUT2D eigenvalue weighted by molar-refractivity contribution is -0.148. The molecule has 0 bridgehead atoms. The van der Waals surface area contributed by atoms with E-state index in [4.69, 9.17) is 9.05 Å². The number of thiophene rings is 1. The number of thioether (sulfide) groups is 2. The number of halogens is 2. The summed E-state index contributed by atoms with van der Waals surface area (Å²) in [5.41, 5.74) is -4.79. The number of fused-ring (bicyclic) bond motifs is 2. The highest BCUT2D eigenvalue weighted by molar-refractivity contribution is 8.13. The molecule has 3 saturated heterocycles. The second-order valence-electron chi connectivity index (χ2n) is 16.2. The quantitative estimate of drug-likeness (QED) is 0.0973. The fourth-order valence-electron chi connectivity index (χ4n) is 7.63. The summed E-state index contributed by atoms with van der Waals surface area (Å²) < 4.78 is 57.8. The van der Waals surface area contributed by atoms with Gasteiger partial charge < -0.3 is 24.2 Å². The molecule has 13 nitrogen and oxygen atoms in total. The number of hydrogen-bond acceptors (Lipinski definition) is 13. The van der Waals surface area contributed by atoms with E-state index in [0.717, 1.165) is 47.0 Å². The van der Waals surface area contributed by atoms with Crippen molar-refractivity contribution >= 4 is 80.5 Å². The number of hydrogen-bond donors (Lipinski definition) is 1. The normalized spacial score (nSPS) is 20.1. The molecule has 0 unspecified atom stereocenters. The Morgan fingerprint density at radius 1 is 0.933 bits per heavy atom. The third-order valence-corrected chi connectivity index (χ3v) is 15.4. The van der Waals surface area contributed by atoms with Crippen LogP contribution in [0.15, 0.2) is 42.7 Å². The van der Waals surface area contributed by atoms with Crippen molar-refractivity contribution in [1.29, 1.82) is 0 Å². The van der Waals surface area contributed by atoms with E-state index in [1.807, 2.05) is 27.7 Å². The Hall–Kier alpha value is -3.28. The molecule has 1 N–H and O–H groups in total. The Morgan fingerprint density at radius 2 is 1.57 bits per heavy atom. The second kappa shape index (κ2) is 20.3. The maximum absolute atomic E-state index is 16.4. The predicted octanol–water partition coefficient (Wildman–Crippen LogP) is 7.85. The van der Waals surface area contributed by atoms with Crippen LogP contribution < -0.4 is 5.32 Å². The van der Waals surface area contributed by atoms with E-state index in [1.165, 1.54) is 12.1 Å². The Balaban J connectivity index is 1.12. The SMILES string of the molecule is CC(C)CC(=O)SCCOP(=O)(OCCSC(=O)CC(C)C)C(F)(F)c1ccc2sc(C(=O)N[C@H]3CCC[C@H]4CC[C@@H](C(=O)N5CC(c6ncccn6)C5)N4C3=O)cc2c1. The van der Waals surface area contributed by atoms with Gasteiger partial charge in [-0.25, -0.2) is 9.97 Å². The van der Waals surface area contributed by atoms with Gasteiger partial charge in [-0.2, -0.15) is 8.78 Å². The molecule has 1 aromatic carbocycles. The average molecular weight is 908 g/mol. The number of aromatic nitrogens is 2. The van der Waals surface area contributed by atoms with Crippen LogP contribution in [-0.2, 0) is 38.5 Å². The molecular weight excluding hydrogens is 856 g/mol. The molecule has 2 aromatic heterocycles. The zero-order chi connectivity index (χ0) is 43.2. The molecular formula is C41H52F2N5O8PS3. The number of likely N-dealkylation sites (tertiary alicyclic amines) is 1. The van der Waals surface area contributed by atoms with E-state index >= 15 is 8.78 Å². The van der Waals surface area contributed by atoms with E-state index in [0.29, 0.717) is 68.6 Å². The van der Waals surface area contributed by atoms with Gasteiger partial charge in [-0.1, -0.05) is 57.3 Å². The van der Waals surface area contributed by atoms with Gasteiger partial charge in [0.25, 0.3) is 5.91 Å². The monoisotopic (exact) mass is 907 g/mol. The fraction of sp³-hybridized carbons (Fsp3) is 0.585. The summed E-state index contributed by atoms with van der Waals surface area (Å²) in [4.78, 5) is 78.0. The highest BCUT2D eigenvalue weighted by atomic mass is 32.2. The van der Waals surface area contributed by atoms with E-state index in [-0.39, 0.29) is 67.6 Å². The molecule has 0 saturated carbocycles. The van der Waals surface area contributed by atoms with E-state index in [1.54, 1.807) is 28.3 Å². The Kier molecular flexibility index (Phi) is 15.6. The molecule has 0 spiro atoms. The first-order chi connectivity index (χ1) is 28.6. The Morgan fingerprint density at radius 3 is 2.18 bits per heavy atom. The van der Waals surface area contributed by atoms with Gasteiger partial charge >= 0.3 is 13.3 Å². The standard InChI is InChI=1S/C41H52F2N5O8PS3/c1-25(2)19-35(49)58-17-15-55-57(54,56-16-18-59-36(50)20-26(3)4)41(42,43)29-9-12-33-27(21-29)22-34(60-33)38(51)46-31-8-5-7-30-10-11-32(48(30)39(31)52)40(53)47-23-28(24-47)37-44-13-6-14-45-37/h6,9,12-14,21-22,25-26,28,30-32H,5,7-8,10-11,15-20,23-24H2,1-4H3,(H,46,51)/t30-,31-,32-/m0/s1. The van der Waals surface area contributed by atoms with Gasteiger partial charge in [0.05, 0.1) is 24.0 Å². The molecule has 3 aliphatic rings. The van der Waals surface area contributed by atoms with Gasteiger partial charge in [0.2, 0.25) is 11.8 Å². The summed E-state index contributed by atoms with van der Waals surface area (Å²) in [6.07, 6.45) is 6.94. The largest absolute Gasteiger partial charge is 0.404 e. The summed E-state index contributed by atoms with van der Waals surface area (Å²) in [5.74, 6) is -0.0576. The smallest absolute Gasteiger partial charge is 0.340 e. The summed E-state index contributed by atoms with van der Waals surface area (Å²) in [6.45, 7) is 7.60. The third-order valence-electron chi connectivity index (χ3n) is 10.6. The first kappa shape index (κ1) is 46.2. The lowest BCUT2D eigenvalue weighted by atomic mass is 9.97. The number of carbonyl (C=O) groups is 5. The number of rotatable bonds is 18. The zero-order valence-electron chi connectivity index (χ0n) is 34.2. The molecule has 3 atom stereocenters. The van der Waals surface area contributed by atoms with Crippen molar-refractivity contribution in [1.82, 2.24) is 25.1 Å². The van der Waals surface area contributed by atoms with Crippen molar-refractivity contribution in [3.05, 3.63) is 59.0 Å².